The fourth-order valence-corrected chi connectivity index (χ4v) is 1.20. The fourth-order valence-electron chi connectivity index (χ4n) is 1.20. The summed E-state index contributed by atoms with van der Waals surface area (Å²) in [6, 6.07) is 5.75. The van der Waals surface area contributed by atoms with Crippen molar-refractivity contribution >= 4 is 5.82 Å². The molecule has 3 nitrogen and oxygen atoms in total. The Kier molecular flexibility index (Phi) is 5.75. The van der Waals surface area contributed by atoms with Gasteiger partial charge in [-0.25, -0.2) is 4.98 Å². The van der Waals surface area contributed by atoms with Gasteiger partial charge in [-0.2, -0.15) is 0 Å². The number of pyridine rings is 1. The number of hydrogen-bond donors (Lipinski definition) is 1. The molecule has 3 heteroatoms. The van der Waals surface area contributed by atoms with Crippen LogP contribution in [-0.4, -0.2) is 25.2 Å². The van der Waals surface area contributed by atoms with Crippen molar-refractivity contribution in [2.45, 2.75) is 19.3 Å². The molecule has 0 bridgehead atoms. The zero-order chi connectivity index (χ0) is 10.1. The molecule has 0 atom stereocenters. The quantitative estimate of drug-likeness (QED) is 0.745. The first-order chi connectivity index (χ1) is 6.93. The third kappa shape index (κ3) is 4.82. The number of anilines is 1. The second kappa shape index (κ2) is 7.33. The maximum Gasteiger partial charge on any atom is 0.125 e. The second-order valence-corrected chi connectivity index (χ2v) is 3.14. The third-order valence-corrected chi connectivity index (χ3v) is 2.00. The molecule has 78 valence electrons. The van der Waals surface area contributed by atoms with Crippen LogP contribution < -0.4 is 5.32 Å². The Hall–Kier alpha value is -1.09. The normalized spacial score (nSPS) is 15.2. The number of aromatic nitrogens is 1. The summed E-state index contributed by atoms with van der Waals surface area (Å²) >= 11 is 0. The molecule has 1 fully saturated rings. The molecule has 0 radical (unpaired) electrons. The number of nitrogens with zero attached hydrogens (tertiary/aromatic N) is 1. The molecule has 2 rings (SSSR count). The summed E-state index contributed by atoms with van der Waals surface area (Å²) in [5.74, 6) is 0.910. The van der Waals surface area contributed by atoms with Crippen molar-refractivity contribution in [2.75, 3.05) is 25.6 Å². The van der Waals surface area contributed by atoms with Gasteiger partial charge in [0.1, 0.15) is 5.82 Å². The molecule has 0 spiro atoms. The number of hydrogen-bond acceptors (Lipinski definition) is 3. The summed E-state index contributed by atoms with van der Waals surface area (Å²) in [5.41, 5.74) is 0. The van der Waals surface area contributed by atoms with Gasteiger partial charge in [-0.3, -0.25) is 0 Å². The first kappa shape index (κ1) is 11.0. The summed E-state index contributed by atoms with van der Waals surface area (Å²) in [4.78, 5) is 3.99. The maximum absolute atomic E-state index is 5.07. The Morgan fingerprint density at radius 3 is 2.29 bits per heavy atom. The van der Waals surface area contributed by atoms with Crippen LogP contribution in [0.15, 0.2) is 24.4 Å². The average Bonchev–Trinajstić information content (AvgIpc) is 2.33. The van der Waals surface area contributed by atoms with E-state index in [0.717, 1.165) is 19.0 Å². The molecule has 0 unspecified atom stereocenters. The van der Waals surface area contributed by atoms with Gasteiger partial charge in [-0.15, -0.1) is 0 Å². The monoisotopic (exact) mass is 194 g/mol. The highest BCUT2D eigenvalue weighted by Crippen LogP contribution is 2.02. The molecular formula is C11H18N2O. The minimum absolute atomic E-state index is 0.910. The lowest BCUT2D eigenvalue weighted by Crippen LogP contribution is -2.03. The summed E-state index contributed by atoms with van der Waals surface area (Å²) in [7, 11) is 1.85. The van der Waals surface area contributed by atoms with Gasteiger partial charge < -0.3 is 10.1 Å². The molecule has 14 heavy (non-hydrogen) atoms. The molecule has 1 aliphatic heterocycles. The van der Waals surface area contributed by atoms with E-state index in [2.05, 4.69) is 10.3 Å². The van der Waals surface area contributed by atoms with Gasteiger partial charge in [0.15, 0.2) is 0 Å². The van der Waals surface area contributed by atoms with Gasteiger partial charge in [-0.05, 0) is 31.4 Å². The standard InChI is InChI=1S/C6H8N2.C5H10O/c1-7-6-4-2-3-5-8-6;1-2-4-6-5-3-1/h2-5H,1H3,(H,7,8);1-5H2. The highest BCUT2D eigenvalue weighted by atomic mass is 16.5. The van der Waals surface area contributed by atoms with Gasteiger partial charge in [-0.1, -0.05) is 6.07 Å². The zero-order valence-electron chi connectivity index (χ0n) is 8.70. The van der Waals surface area contributed by atoms with E-state index >= 15 is 0 Å². The van der Waals surface area contributed by atoms with Crippen molar-refractivity contribution in [1.82, 2.24) is 4.98 Å². The largest absolute Gasteiger partial charge is 0.381 e. The van der Waals surface area contributed by atoms with Crippen molar-refractivity contribution < 1.29 is 4.74 Å². The highest BCUT2D eigenvalue weighted by Gasteiger charge is 1.95. The lowest BCUT2D eigenvalue weighted by molar-refractivity contribution is 0.0968. The minimum Gasteiger partial charge on any atom is -0.381 e. The van der Waals surface area contributed by atoms with Gasteiger partial charge in [0.25, 0.3) is 0 Å². The first-order valence-electron chi connectivity index (χ1n) is 5.10. The minimum atomic E-state index is 0.910. The fraction of sp³-hybridized carbons (Fsp3) is 0.545. The summed E-state index contributed by atoms with van der Waals surface area (Å²) in [6.45, 7) is 2.00. The molecule has 0 aromatic carbocycles. The molecule has 2 heterocycles. The van der Waals surface area contributed by atoms with E-state index in [1.54, 1.807) is 6.20 Å². The highest BCUT2D eigenvalue weighted by molar-refractivity contribution is 5.31. The van der Waals surface area contributed by atoms with E-state index in [-0.39, 0.29) is 0 Å². The van der Waals surface area contributed by atoms with Crippen LogP contribution in [0, 0.1) is 0 Å². The van der Waals surface area contributed by atoms with Crippen LogP contribution in [0.3, 0.4) is 0 Å². The molecule has 1 aromatic rings. The number of nitrogens with one attached hydrogen (secondary N) is 1. The van der Waals surface area contributed by atoms with E-state index in [4.69, 9.17) is 4.74 Å². The summed E-state index contributed by atoms with van der Waals surface area (Å²) in [5, 5.41) is 2.92. The number of ether oxygens (including phenoxy) is 1. The van der Waals surface area contributed by atoms with E-state index in [1.165, 1.54) is 19.3 Å². The molecule has 1 aromatic heterocycles. The van der Waals surface area contributed by atoms with Crippen LogP contribution in [0.25, 0.3) is 0 Å². The van der Waals surface area contributed by atoms with E-state index in [9.17, 15) is 0 Å². The summed E-state index contributed by atoms with van der Waals surface area (Å²) < 4.78 is 5.07. The average molecular weight is 194 g/mol. The molecule has 0 saturated carbocycles. The van der Waals surface area contributed by atoms with Crippen molar-refractivity contribution in [3.63, 3.8) is 0 Å². The topological polar surface area (TPSA) is 34.1 Å². The molecule has 0 aliphatic carbocycles. The molecule has 1 N–H and O–H groups in total. The molecule has 1 aliphatic rings. The first-order valence-corrected chi connectivity index (χ1v) is 5.10. The smallest absolute Gasteiger partial charge is 0.125 e. The molecule has 1 saturated heterocycles. The van der Waals surface area contributed by atoms with Crippen LogP contribution in [0.1, 0.15) is 19.3 Å². The Morgan fingerprint density at radius 1 is 1.21 bits per heavy atom. The van der Waals surface area contributed by atoms with E-state index in [0.29, 0.717) is 0 Å². The second-order valence-electron chi connectivity index (χ2n) is 3.14. The Morgan fingerprint density at radius 2 is 2.00 bits per heavy atom. The van der Waals surface area contributed by atoms with Crippen LogP contribution in [0.2, 0.25) is 0 Å². The van der Waals surface area contributed by atoms with Crippen LogP contribution in [-0.2, 0) is 4.74 Å². The molecular weight excluding hydrogens is 176 g/mol. The van der Waals surface area contributed by atoms with Crippen molar-refractivity contribution in [2.24, 2.45) is 0 Å². The van der Waals surface area contributed by atoms with Crippen LogP contribution in [0.5, 0.6) is 0 Å². The maximum atomic E-state index is 5.07. The van der Waals surface area contributed by atoms with Crippen LogP contribution >= 0.6 is 0 Å². The van der Waals surface area contributed by atoms with E-state index in [1.807, 2.05) is 25.2 Å². The van der Waals surface area contributed by atoms with Crippen molar-refractivity contribution in [3.05, 3.63) is 24.4 Å². The zero-order valence-corrected chi connectivity index (χ0v) is 8.70. The third-order valence-electron chi connectivity index (χ3n) is 2.00. The van der Waals surface area contributed by atoms with Crippen LogP contribution in [0.4, 0.5) is 5.82 Å². The Labute approximate surface area is 85.5 Å². The van der Waals surface area contributed by atoms with Crippen molar-refractivity contribution in [3.8, 4) is 0 Å². The van der Waals surface area contributed by atoms with Gasteiger partial charge in [0, 0.05) is 26.5 Å². The van der Waals surface area contributed by atoms with Gasteiger partial charge in [0.05, 0.1) is 0 Å². The lowest BCUT2D eigenvalue weighted by Gasteiger charge is -2.08. The molecule has 0 amide bonds. The summed E-state index contributed by atoms with van der Waals surface area (Å²) in [6.07, 6.45) is 5.69. The Balaban J connectivity index is 0.000000146. The van der Waals surface area contributed by atoms with E-state index < -0.39 is 0 Å². The van der Waals surface area contributed by atoms with Gasteiger partial charge >= 0.3 is 0 Å². The predicted molar refractivity (Wildman–Crippen MR) is 58.5 cm³/mol. The van der Waals surface area contributed by atoms with Gasteiger partial charge in [0.2, 0.25) is 0 Å². The Bertz CT molecular complexity index is 210. The SMILES string of the molecule is C1CCOCC1.CNc1ccccn1. The number of rotatable bonds is 1. The lowest BCUT2D eigenvalue weighted by atomic mass is 10.2. The predicted octanol–water partition coefficient (Wildman–Crippen LogP) is 2.31. The van der Waals surface area contributed by atoms with Crippen molar-refractivity contribution in [1.29, 1.82) is 0 Å².